The second-order valence-electron chi connectivity index (χ2n) is 12.6. The van der Waals surface area contributed by atoms with Crippen molar-refractivity contribution < 1.29 is 33.3 Å². The van der Waals surface area contributed by atoms with Crippen molar-refractivity contribution in [3.63, 3.8) is 0 Å². The highest BCUT2D eigenvalue weighted by atomic mass is 16.6. The Morgan fingerprint density at radius 1 is 0.700 bits per heavy atom. The van der Waals surface area contributed by atoms with Crippen molar-refractivity contribution in [2.45, 2.75) is 77.7 Å². The van der Waals surface area contributed by atoms with E-state index in [1.54, 1.807) is 21.9 Å². The lowest BCUT2D eigenvalue weighted by Crippen LogP contribution is -2.55. The maximum absolute atomic E-state index is 13.3. The first kappa shape index (κ1) is 27.8. The molecule has 0 bridgehead atoms. The minimum Gasteiger partial charge on any atom is -0.491 e. The van der Waals surface area contributed by atoms with E-state index in [-0.39, 0.29) is 30.1 Å². The van der Waals surface area contributed by atoms with E-state index in [9.17, 15) is 14.4 Å². The van der Waals surface area contributed by atoms with Gasteiger partial charge < -0.3 is 28.7 Å². The van der Waals surface area contributed by atoms with E-state index in [1.807, 2.05) is 65.8 Å². The first-order valence-corrected chi connectivity index (χ1v) is 13.9. The molecule has 3 aliphatic rings. The summed E-state index contributed by atoms with van der Waals surface area (Å²) in [7, 11) is 0. The van der Waals surface area contributed by atoms with Crippen LogP contribution >= 0.6 is 0 Å². The Balaban J connectivity index is 1.18. The molecule has 2 aromatic carbocycles. The molecule has 40 heavy (non-hydrogen) atoms. The molecule has 2 atom stereocenters. The average molecular weight is 551 g/mol. The van der Waals surface area contributed by atoms with Gasteiger partial charge in [0.25, 0.3) is 0 Å². The molecule has 0 spiro atoms. The van der Waals surface area contributed by atoms with E-state index in [4.69, 9.17) is 18.9 Å². The highest BCUT2D eigenvalue weighted by Crippen LogP contribution is 2.40. The van der Waals surface area contributed by atoms with Crippen LogP contribution in [0.4, 0.5) is 9.59 Å². The van der Waals surface area contributed by atoms with Crippen molar-refractivity contribution in [1.29, 1.82) is 0 Å². The number of carbonyl (C=O) groups is 3. The van der Waals surface area contributed by atoms with E-state index < -0.39 is 11.2 Å². The van der Waals surface area contributed by atoms with Crippen molar-refractivity contribution in [2.24, 2.45) is 0 Å². The number of nitrogens with zero attached hydrogens (tertiary/aromatic N) is 2. The third-order valence-electron chi connectivity index (χ3n) is 7.19. The van der Waals surface area contributed by atoms with Gasteiger partial charge in [-0.25, -0.2) is 9.59 Å². The third-order valence-corrected chi connectivity index (χ3v) is 7.19. The van der Waals surface area contributed by atoms with E-state index >= 15 is 0 Å². The molecular formula is C31H38N2O7. The normalized spacial score (nSPS) is 19.7. The summed E-state index contributed by atoms with van der Waals surface area (Å²) >= 11 is 0. The van der Waals surface area contributed by atoms with Gasteiger partial charge in [-0.15, -0.1) is 0 Å². The summed E-state index contributed by atoms with van der Waals surface area (Å²) in [6.45, 7) is 13.0. The smallest absolute Gasteiger partial charge is 0.410 e. The van der Waals surface area contributed by atoms with Crippen LogP contribution in [0.5, 0.6) is 11.5 Å². The topological polar surface area (TPSA) is 94.6 Å². The second kappa shape index (κ2) is 10.3. The van der Waals surface area contributed by atoms with Crippen molar-refractivity contribution in [1.82, 2.24) is 9.80 Å². The van der Waals surface area contributed by atoms with Crippen LogP contribution in [-0.2, 0) is 9.47 Å². The molecule has 0 N–H and O–H groups in total. The molecule has 2 saturated heterocycles. The summed E-state index contributed by atoms with van der Waals surface area (Å²) in [5.41, 5.74) is 1.78. The Kier molecular flexibility index (Phi) is 7.18. The molecule has 2 aliphatic heterocycles. The number of ketones is 1. The number of hydrogen-bond donors (Lipinski definition) is 0. The molecule has 214 valence electrons. The SMILES string of the molecule is CC(C)(C)OC(=O)N1CCC1COc1ccc2c(c1)C(=O)c1cc(OCC3CCN3C(=O)OC(C)(C)C)ccc1-2. The van der Waals surface area contributed by atoms with Crippen LogP contribution in [0.15, 0.2) is 36.4 Å². The van der Waals surface area contributed by atoms with E-state index in [0.717, 1.165) is 24.0 Å². The number of fused-ring (bicyclic) bond motifs is 3. The average Bonchev–Trinajstić information content (AvgIpc) is 3.06. The summed E-state index contributed by atoms with van der Waals surface area (Å²) in [4.78, 5) is 41.4. The van der Waals surface area contributed by atoms with Crippen LogP contribution in [0.25, 0.3) is 11.1 Å². The number of ether oxygens (including phenoxy) is 4. The number of benzene rings is 2. The zero-order valence-corrected chi connectivity index (χ0v) is 24.1. The van der Waals surface area contributed by atoms with Gasteiger partial charge in [0.15, 0.2) is 5.78 Å². The molecule has 9 heteroatoms. The summed E-state index contributed by atoms with van der Waals surface area (Å²) in [6, 6.07) is 10.9. The van der Waals surface area contributed by atoms with Gasteiger partial charge in [0.1, 0.15) is 35.9 Å². The van der Waals surface area contributed by atoms with Crippen molar-refractivity contribution in [3.8, 4) is 22.6 Å². The quantitative estimate of drug-likeness (QED) is 0.390. The number of likely N-dealkylation sites (tertiary alicyclic amines) is 2. The van der Waals surface area contributed by atoms with Gasteiger partial charge >= 0.3 is 12.2 Å². The Bertz CT molecular complexity index is 1220. The highest BCUT2D eigenvalue weighted by Gasteiger charge is 2.37. The predicted octanol–water partition coefficient (Wildman–Crippen LogP) is 5.67. The fourth-order valence-corrected chi connectivity index (χ4v) is 4.95. The number of rotatable bonds is 6. The van der Waals surface area contributed by atoms with Crippen molar-refractivity contribution in [2.75, 3.05) is 26.3 Å². The van der Waals surface area contributed by atoms with Gasteiger partial charge in [-0.1, -0.05) is 0 Å². The fraction of sp³-hybridized carbons (Fsp3) is 0.516. The molecule has 1 aliphatic carbocycles. The molecular weight excluding hydrogens is 512 g/mol. The lowest BCUT2D eigenvalue weighted by atomic mass is 10.0. The predicted molar refractivity (Wildman–Crippen MR) is 149 cm³/mol. The molecule has 2 aromatic rings. The second-order valence-corrected chi connectivity index (χ2v) is 12.6. The zero-order valence-electron chi connectivity index (χ0n) is 24.1. The van der Waals surface area contributed by atoms with E-state index in [2.05, 4.69) is 0 Å². The molecule has 2 heterocycles. The molecule has 9 nitrogen and oxygen atoms in total. The molecule has 2 fully saturated rings. The summed E-state index contributed by atoms with van der Waals surface area (Å²) in [6.07, 6.45) is 1.01. The number of hydrogen-bond acceptors (Lipinski definition) is 7. The lowest BCUT2D eigenvalue weighted by Gasteiger charge is -2.41. The van der Waals surface area contributed by atoms with Gasteiger partial charge in [-0.05, 0) is 102 Å². The van der Waals surface area contributed by atoms with Gasteiger partial charge in [-0.3, -0.25) is 4.79 Å². The standard InChI is InChI=1S/C31H38N2O7/c1-30(2,3)39-28(35)32-13-11-19(32)17-37-21-7-9-23-24-10-8-22(16-26(24)27(34)25(23)15-21)38-18-20-12-14-33(20)29(36)40-31(4,5)6/h7-10,15-16,19-20H,11-14,17-18H2,1-6H3. The first-order valence-electron chi connectivity index (χ1n) is 13.9. The minimum absolute atomic E-state index is 0.0578. The molecule has 0 radical (unpaired) electrons. The van der Waals surface area contributed by atoms with Crippen molar-refractivity contribution in [3.05, 3.63) is 47.5 Å². The van der Waals surface area contributed by atoms with Gasteiger partial charge in [0.2, 0.25) is 0 Å². The summed E-state index contributed by atoms with van der Waals surface area (Å²) < 4.78 is 22.9. The van der Waals surface area contributed by atoms with Crippen LogP contribution in [0.3, 0.4) is 0 Å². The Morgan fingerprint density at radius 2 is 1.10 bits per heavy atom. The summed E-state index contributed by atoms with van der Waals surface area (Å²) in [5, 5.41) is 0. The molecule has 0 saturated carbocycles. The molecule has 0 aromatic heterocycles. The maximum atomic E-state index is 13.3. The van der Waals surface area contributed by atoms with Gasteiger partial charge in [0, 0.05) is 24.2 Å². The van der Waals surface area contributed by atoms with Crippen molar-refractivity contribution >= 4 is 18.0 Å². The molecule has 2 amide bonds. The van der Waals surface area contributed by atoms with Gasteiger partial charge in [0.05, 0.1) is 12.1 Å². The van der Waals surface area contributed by atoms with Crippen LogP contribution in [-0.4, -0.2) is 77.4 Å². The van der Waals surface area contributed by atoms with E-state index in [0.29, 0.717) is 48.9 Å². The largest absolute Gasteiger partial charge is 0.491 e. The number of amides is 2. The fourth-order valence-electron chi connectivity index (χ4n) is 4.95. The Hall–Kier alpha value is -3.75. The third kappa shape index (κ3) is 5.88. The van der Waals surface area contributed by atoms with Crippen LogP contribution < -0.4 is 9.47 Å². The summed E-state index contributed by atoms with van der Waals surface area (Å²) in [5.74, 6) is 1.08. The van der Waals surface area contributed by atoms with Crippen LogP contribution in [0.2, 0.25) is 0 Å². The van der Waals surface area contributed by atoms with E-state index in [1.165, 1.54) is 0 Å². The highest BCUT2D eigenvalue weighted by molar-refractivity contribution is 6.22. The lowest BCUT2D eigenvalue weighted by molar-refractivity contribution is -0.0149. The first-order chi connectivity index (χ1) is 18.8. The molecule has 5 rings (SSSR count). The Morgan fingerprint density at radius 3 is 1.43 bits per heavy atom. The molecule has 2 unspecified atom stereocenters. The number of carbonyl (C=O) groups excluding carboxylic acids is 3. The van der Waals surface area contributed by atoms with Crippen LogP contribution in [0, 0.1) is 0 Å². The monoisotopic (exact) mass is 550 g/mol. The Labute approximate surface area is 235 Å². The minimum atomic E-state index is -0.546. The maximum Gasteiger partial charge on any atom is 0.410 e. The van der Waals surface area contributed by atoms with Crippen LogP contribution in [0.1, 0.15) is 70.3 Å². The zero-order chi connectivity index (χ0) is 28.8. The van der Waals surface area contributed by atoms with Gasteiger partial charge in [-0.2, -0.15) is 0 Å².